The summed E-state index contributed by atoms with van der Waals surface area (Å²) in [7, 11) is 0. The van der Waals surface area contributed by atoms with Crippen molar-refractivity contribution >= 4 is 22.8 Å². The van der Waals surface area contributed by atoms with Gasteiger partial charge in [-0.05, 0) is 49.6 Å². The van der Waals surface area contributed by atoms with Crippen molar-refractivity contribution in [3.8, 4) is 5.75 Å². The predicted octanol–water partition coefficient (Wildman–Crippen LogP) is 4.18. The van der Waals surface area contributed by atoms with Crippen LogP contribution in [0.3, 0.4) is 0 Å². The third kappa shape index (κ3) is 4.35. The molecule has 0 aliphatic heterocycles. The van der Waals surface area contributed by atoms with Gasteiger partial charge in [-0.3, -0.25) is 0 Å². The summed E-state index contributed by atoms with van der Waals surface area (Å²) in [5, 5.41) is 0. The molecule has 1 unspecified atom stereocenters. The fraction of sp³-hybridized carbons (Fsp3) is 0.350. The van der Waals surface area contributed by atoms with Gasteiger partial charge in [0.15, 0.2) is 0 Å². The van der Waals surface area contributed by atoms with E-state index in [2.05, 4.69) is 35.9 Å². The summed E-state index contributed by atoms with van der Waals surface area (Å²) in [5.41, 5.74) is 9.75. The lowest BCUT2D eigenvalue weighted by Gasteiger charge is -2.15. The lowest BCUT2D eigenvalue weighted by Crippen LogP contribution is -2.19. The Bertz CT molecular complexity index is 813. The van der Waals surface area contributed by atoms with Gasteiger partial charge in [0.05, 0.1) is 23.6 Å². The number of fused-ring (bicyclic) bond motifs is 1. The van der Waals surface area contributed by atoms with Gasteiger partial charge in [-0.1, -0.05) is 29.8 Å². The number of nitrogens with zero attached hydrogens (tertiary/aromatic N) is 2. The number of benzene rings is 2. The minimum atomic E-state index is -0.0563. The average molecular weight is 356 g/mol. The highest BCUT2D eigenvalue weighted by Crippen LogP contribution is 2.22. The number of aromatic nitrogens is 2. The van der Waals surface area contributed by atoms with Gasteiger partial charge in [-0.15, -0.1) is 0 Å². The molecule has 2 aromatic carbocycles. The van der Waals surface area contributed by atoms with Crippen LogP contribution in [-0.2, 0) is 6.54 Å². The van der Waals surface area contributed by atoms with E-state index in [9.17, 15) is 0 Å². The number of nitrogens with two attached hydrogens (primary N) is 1. The van der Waals surface area contributed by atoms with E-state index in [1.54, 1.807) is 0 Å². The summed E-state index contributed by atoms with van der Waals surface area (Å²) in [4.78, 5) is 4.78. The molecule has 0 fully saturated rings. The van der Waals surface area contributed by atoms with E-state index in [-0.39, 0.29) is 6.04 Å². The third-order valence-corrected chi connectivity index (χ3v) is 4.90. The highest BCUT2D eigenvalue weighted by molar-refractivity contribution is 7.98. The van der Waals surface area contributed by atoms with Crippen molar-refractivity contribution in [3.05, 3.63) is 59.9 Å². The van der Waals surface area contributed by atoms with Crippen molar-refractivity contribution in [1.82, 2.24) is 9.55 Å². The second-order valence-corrected chi connectivity index (χ2v) is 7.15. The van der Waals surface area contributed by atoms with Crippen LogP contribution in [0.4, 0.5) is 0 Å². The number of rotatable bonds is 8. The molecule has 5 heteroatoms. The molecule has 4 nitrogen and oxygen atoms in total. The van der Waals surface area contributed by atoms with E-state index in [1.165, 1.54) is 5.56 Å². The molecule has 0 bridgehead atoms. The molecular formula is C20H25N3OS. The molecule has 0 aliphatic carbocycles. The van der Waals surface area contributed by atoms with Crippen LogP contribution >= 0.6 is 11.8 Å². The third-order valence-electron chi connectivity index (χ3n) is 4.25. The van der Waals surface area contributed by atoms with E-state index in [0.717, 1.165) is 41.3 Å². The molecule has 0 aliphatic rings. The molecule has 0 saturated heterocycles. The number of aryl methyl sites for hydroxylation is 1. The first kappa shape index (κ1) is 17.8. The van der Waals surface area contributed by atoms with Crippen LogP contribution in [-0.4, -0.2) is 28.2 Å². The van der Waals surface area contributed by atoms with E-state index < -0.39 is 0 Å². The molecule has 132 valence electrons. The van der Waals surface area contributed by atoms with Crippen molar-refractivity contribution in [1.29, 1.82) is 0 Å². The summed E-state index contributed by atoms with van der Waals surface area (Å²) in [6.07, 6.45) is 3.02. The Morgan fingerprint density at radius 3 is 2.68 bits per heavy atom. The van der Waals surface area contributed by atoms with Crippen LogP contribution in [0.15, 0.2) is 48.5 Å². The minimum Gasteiger partial charge on any atom is -0.492 e. The number of para-hydroxylation sites is 2. The number of hydrogen-bond acceptors (Lipinski definition) is 4. The maximum absolute atomic E-state index is 6.41. The number of thioether (sulfide) groups is 1. The normalized spacial score (nSPS) is 12.4. The summed E-state index contributed by atoms with van der Waals surface area (Å²) in [6.45, 7) is 3.39. The highest BCUT2D eigenvalue weighted by atomic mass is 32.2. The molecule has 25 heavy (non-hydrogen) atoms. The second kappa shape index (κ2) is 8.41. The molecular weight excluding hydrogens is 330 g/mol. The Morgan fingerprint density at radius 1 is 1.16 bits per heavy atom. The lowest BCUT2D eigenvalue weighted by atomic mass is 10.2. The number of ether oxygens (including phenoxy) is 1. The van der Waals surface area contributed by atoms with E-state index in [4.69, 9.17) is 15.5 Å². The van der Waals surface area contributed by atoms with Crippen molar-refractivity contribution in [2.45, 2.75) is 25.9 Å². The van der Waals surface area contributed by atoms with Gasteiger partial charge >= 0.3 is 0 Å². The van der Waals surface area contributed by atoms with Gasteiger partial charge in [0.25, 0.3) is 0 Å². The maximum atomic E-state index is 6.41. The Kier molecular flexibility index (Phi) is 6.00. The van der Waals surface area contributed by atoms with Gasteiger partial charge in [-0.25, -0.2) is 4.98 Å². The lowest BCUT2D eigenvalue weighted by molar-refractivity contribution is 0.297. The second-order valence-electron chi connectivity index (χ2n) is 6.16. The van der Waals surface area contributed by atoms with Gasteiger partial charge in [-0.2, -0.15) is 11.8 Å². The van der Waals surface area contributed by atoms with E-state index in [1.807, 2.05) is 42.1 Å². The largest absolute Gasteiger partial charge is 0.492 e. The van der Waals surface area contributed by atoms with Crippen LogP contribution in [0.2, 0.25) is 0 Å². The van der Waals surface area contributed by atoms with Gasteiger partial charge in [0.1, 0.15) is 18.2 Å². The molecule has 1 heterocycles. The topological polar surface area (TPSA) is 53.1 Å². The first-order chi connectivity index (χ1) is 12.2. The first-order valence-corrected chi connectivity index (χ1v) is 9.97. The highest BCUT2D eigenvalue weighted by Gasteiger charge is 2.16. The van der Waals surface area contributed by atoms with Crippen molar-refractivity contribution in [2.24, 2.45) is 5.73 Å². The fourth-order valence-electron chi connectivity index (χ4n) is 2.88. The van der Waals surface area contributed by atoms with Crippen LogP contribution < -0.4 is 10.5 Å². The maximum Gasteiger partial charge on any atom is 0.127 e. The Hall–Kier alpha value is -1.98. The Morgan fingerprint density at radius 2 is 1.92 bits per heavy atom. The monoisotopic (exact) mass is 355 g/mol. The fourth-order valence-corrected chi connectivity index (χ4v) is 3.37. The molecule has 2 N–H and O–H groups in total. The zero-order chi connectivity index (χ0) is 17.6. The summed E-state index contributed by atoms with van der Waals surface area (Å²) in [6, 6.07) is 16.3. The van der Waals surface area contributed by atoms with E-state index in [0.29, 0.717) is 6.61 Å². The Labute approximate surface area is 153 Å². The van der Waals surface area contributed by atoms with Crippen molar-refractivity contribution in [2.75, 3.05) is 18.6 Å². The molecule has 3 aromatic rings. The van der Waals surface area contributed by atoms with Crippen molar-refractivity contribution in [3.63, 3.8) is 0 Å². The zero-order valence-corrected chi connectivity index (χ0v) is 15.6. The summed E-state index contributed by atoms with van der Waals surface area (Å²) in [5.74, 6) is 2.87. The van der Waals surface area contributed by atoms with Crippen LogP contribution in [0, 0.1) is 6.92 Å². The Balaban J connectivity index is 1.77. The summed E-state index contributed by atoms with van der Waals surface area (Å²) >= 11 is 1.81. The summed E-state index contributed by atoms with van der Waals surface area (Å²) < 4.78 is 8.11. The minimum absolute atomic E-state index is 0.0563. The van der Waals surface area contributed by atoms with Crippen LogP contribution in [0.25, 0.3) is 11.0 Å². The van der Waals surface area contributed by atoms with Crippen LogP contribution in [0.1, 0.15) is 23.9 Å². The quantitative estimate of drug-likeness (QED) is 0.659. The van der Waals surface area contributed by atoms with Crippen LogP contribution in [0.5, 0.6) is 5.75 Å². The van der Waals surface area contributed by atoms with Crippen molar-refractivity contribution < 1.29 is 4.74 Å². The van der Waals surface area contributed by atoms with Gasteiger partial charge in [0, 0.05) is 0 Å². The SMILES string of the molecule is CSCCC(N)c1nc2ccccc2n1CCOc1ccc(C)cc1. The number of imidazole rings is 1. The average Bonchev–Trinajstić information content (AvgIpc) is 3.00. The molecule has 1 atom stereocenters. The standard InChI is InChI=1S/C20H25N3OS/c1-15-7-9-16(10-8-15)24-13-12-23-19-6-4-3-5-18(19)22-20(23)17(21)11-14-25-2/h3-10,17H,11-14,21H2,1-2H3. The van der Waals surface area contributed by atoms with Gasteiger partial charge < -0.3 is 15.0 Å². The molecule has 1 aromatic heterocycles. The smallest absolute Gasteiger partial charge is 0.127 e. The molecule has 0 amide bonds. The predicted molar refractivity (Wildman–Crippen MR) is 106 cm³/mol. The molecule has 0 saturated carbocycles. The molecule has 3 rings (SSSR count). The van der Waals surface area contributed by atoms with Gasteiger partial charge in [0.2, 0.25) is 0 Å². The first-order valence-electron chi connectivity index (χ1n) is 8.58. The van der Waals surface area contributed by atoms with E-state index >= 15 is 0 Å². The number of hydrogen-bond donors (Lipinski definition) is 1. The molecule has 0 spiro atoms. The zero-order valence-electron chi connectivity index (χ0n) is 14.8. The molecule has 0 radical (unpaired) electrons.